The quantitative estimate of drug-likeness (QED) is 0.760. The van der Waals surface area contributed by atoms with Crippen molar-refractivity contribution < 1.29 is 14.3 Å². The van der Waals surface area contributed by atoms with Gasteiger partial charge in [-0.2, -0.15) is 0 Å². The lowest BCUT2D eigenvalue weighted by Crippen LogP contribution is -2.49. The molecule has 5 nitrogen and oxygen atoms in total. The molecule has 0 radical (unpaired) electrons. The lowest BCUT2D eigenvalue weighted by Gasteiger charge is -2.38. The van der Waals surface area contributed by atoms with Crippen molar-refractivity contribution in [1.82, 2.24) is 10.2 Å². The Morgan fingerprint density at radius 2 is 1.66 bits per heavy atom. The van der Waals surface area contributed by atoms with Gasteiger partial charge < -0.3 is 15.0 Å². The van der Waals surface area contributed by atoms with Gasteiger partial charge in [-0.25, -0.2) is 0 Å². The number of carbonyl (C=O) groups is 2. The van der Waals surface area contributed by atoms with Gasteiger partial charge in [0.2, 0.25) is 0 Å². The predicted octanol–water partition coefficient (Wildman–Crippen LogP) is 4.44. The van der Waals surface area contributed by atoms with Gasteiger partial charge in [0.1, 0.15) is 5.75 Å². The van der Waals surface area contributed by atoms with Crippen LogP contribution in [-0.2, 0) is 11.3 Å². The Labute approximate surface area is 177 Å². The lowest BCUT2D eigenvalue weighted by molar-refractivity contribution is -0.139. The van der Waals surface area contributed by atoms with Gasteiger partial charge in [0.05, 0.1) is 0 Å². The van der Waals surface area contributed by atoms with Crippen LogP contribution in [0.25, 0.3) is 0 Å². The van der Waals surface area contributed by atoms with Gasteiger partial charge in [0.15, 0.2) is 6.61 Å². The second-order valence-corrected chi connectivity index (χ2v) is 7.99. The second kappa shape index (κ2) is 9.79. The first-order chi connectivity index (χ1) is 13.9. The summed E-state index contributed by atoms with van der Waals surface area (Å²) in [4.78, 5) is 26.8. The van der Waals surface area contributed by atoms with E-state index in [9.17, 15) is 9.59 Å². The van der Waals surface area contributed by atoms with Crippen molar-refractivity contribution in [2.45, 2.75) is 51.7 Å². The number of nitrogens with zero attached hydrogens (tertiary/aromatic N) is 1. The fraction of sp³-hybridized carbons (Fsp3) is 0.391. The summed E-state index contributed by atoms with van der Waals surface area (Å²) in [6.07, 6.45) is 3.24. The third kappa shape index (κ3) is 5.73. The van der Waals surface area contributed by atoms with Crippen LogP contribution in [0.3, 0.4) is 0 Å². The number of halogens is 1. The molecule has 2 amide bonds. The Morgan fingerprint density at radius 3 is 2.28 bits per heavy atom. The van der Waals surface area contributed by atoms with Crippen LogP contribution < -0.4 is 10.1 Å². The molecular formula is C23H27ClN2O3. The second-order valence-electron chi connectivity index (χ2n) is 7.55. The normalized spacial score (nSPS) is 18.9. The maximum Gasteiger partial charge on any atom is 0.260 e. The minimum absolute atomic E-state index is 0.00878. The summed E-state index contributed by atoms with van der Waals surface area (Å²) in [5.74, 6) is 0.415. The van der Waals surface area contributed by atoms with Crippen LogP contribution >= 0.6 is 11.6 Å². The molecule has 0 saturated carbocycles. The van der Waals surface area contributed by atoms with Crippen molar-refractivity contribution in [3.05, 3.63) is 64.7 Å². The first-order valence-electron chi connectivity index (χ1n) is 10.0. The molecule has 1 fully saturated rings. The monoisotopic (exact) mass is 414 g/mol. The van der Waals surface area contributed by atoms with Crippen molar-refractivity contribution in [3.63, 3.8) is 0 Å². The van der Waals surface area contributed by atoms with Crippen LogP contribution in [0.2, 0.25) is 5.02 Å². The molecule has 1 heterocycles. The Balaban J connectivity index is 1.49. The van der Waals surface area contributed by atoms with Gasteiger partial charge in [-0.15, -0.1) is 0 Å². The largest absolute Gasteiger partial charge is 0.484 e. The van der Waals surface area contributed by atoms with Crippen molar-refractivity contribution in [3.8, 4) is 5.75 Å². The van der Waals surface area contributed by atoms with E-state index < -0.39 is 0 Å². The molecule has 154 valence electrons. The Hall–Kier alpha value is -2.53. The zero-order valence-corrected chi connectivity index (χ0v) is 17.6. The molecule has 1 aliphatic heterocycles. The summed E-state index contributed by atoms with van der Waals surface area (Å²) in [6.45, 7) is 4.61. The Morgan fingerprint density at radius 1 is 1.03 bits per heavy atom. The minimum Gasteiger partial charge on any atom is -0.484 e. The number of hydrogen-bond acceptors (Lipinski definition) is 3. The topological polar surface area (TPSA) is 58.6 Å². The van der Waals surface area contributed by atoms with Crippen LogP contribution in [0.4, 0.5) is 0 Å². The molecule has 0 spiro atoms. The van der Waals surface area contributed by atoms with E-state index in [1.165, 1.54) is 0 Å². The van der Waals surface area contributed by atoms with Crippen molar-refractivity contribution in [2.24, 2.45) is 0 Å². The Kier molecular flexibility index (Phi) is 7.15. The smallest absolute Gasteiger partial charge is 0.260 e. The fourth-order valence-electron chi connectivity index (χ4n) is 3.72. The predicted molar refractivity (Wildman–Crippen MR) is 114 cm³/mol. The first kappa shape index (κ1) is 21.2. The van der Waals surface area contributed by atoms with Gasteiger partial charge in [-0.05, 0) is 75.1 Å². The lowest BCUT2D eigenvalue weighted by atomic mass is 9.97. The van der Waals surface area contributed by atoms with E-state index in [2.05, 4.69) is 19.2 Å². The van der Waals surface area contributed by atoms with E-state index in [1.54, 1.807) is 36.4 Å². The van der Waals surface area contributed by atoms with Crippen molar-refractivity contribution in [2.75, 3.05) is 6.61 Å². The highest BCUT2D eigenvalue weighted by Crippen LogP contribution is 2.23. The van der Waals surface area contributed by atoms with Crippen LogP contribution in [0.15, 0.2) is 48.5 Å². The molecule has 2 aromatic carbocycles. The molecule has 1 aliphatic rings. The van der Waals surface area contributed by atoms with E-state index in [1.807, 2.05) is 17.0 Å². The zero-order chi connectivity index (χ0) is 20.8. The molecule has 1 N–H and O–H groups in total. The van der Waals surface area contributed by atoms with Crippen molar-refractivity contribution >= 4 is 23.4 Å². The van der Waals surface area contributed by atoms with E-state index in [0.29, 0.717) is 22.9 Å². The summed E-state index contributed by atoms with van der Waals surface area (Å²) in [6, 6.07) is 14.7. The van der Waals surface area contributed by atoms with Gasteiger partial charge in [0, 0.05) is 29.2 Å². The third-order valence-electron chi connectivity index (χ3n) is 5.33. The summed E-state index contributed by atoms with van der Waals surface area (Å²) < 4.78 is 5.66. The van der Waals surface area contributed by atoms with Gasteiger partial charge in [-0.3, -0.25) is 9.59 Å². The molecule has 1 saturated heterocycles. The molecule has 3 rings (SSSR count). The molecule has 2 aromatic rings. The number of rotatable bonds is 6. The zero-order valence-electron chi connectivity index (χ0n) is 16.9. The number of hydrogen-bond donors (Lipinski definition) is 1. The molecule has 2 atom stereocenters. The minimum atomic E-state index is -0.168. The number of benzene rings is 2. The molecular weight excluding hydrogens is 388 g/mol. The molecule has 2 unspecified atom stereocenters. The van der Waals surface area contributed by atoms with Crippen LogP contribution in [0, 0.1) is 0 Å². The van der Waals surface area contributed by atoms with E-state index in [0.717, 1.165) is 24.8 Å². The average molecular weight is 415 g/mol. The number of piperidine rings is 1. The summed E-state index contributed by atoms with van der Waals surface area (Å²) in [5, 5.41) is 3.54. The molecule has 0 aromatic heterocycles. The highest BCUT2D eigenvalue weighted by atomic mass is 35.5. The molecule has 0 aliphatic carbocycles. The number of nitrogens with one attached hydrogen (secondary N) is 1. The third-order valence-corrected chi connectivity index (χ3v) is 5.58. The van der Waals surface area contributed by atoms with Gasteiger partial charge in [0.25, 0.3) is 11.8 Å². The standard InChI is InChI=1S/C23H27ClN2O3/c1-16-4-3-5-17(2)26(16)22(27)15-29-21-12-8-19(9-13-21)23(28)25-14-18-6-10-20(24)11-7-18/h6-13,16-17H,3-5,14-15H2,1-2H3,(H,25,28). The number of carbonyl (C=O) groups excluding carboxylic acids is 2. The van der Waals surface area contributed by atoms with E-state index in [-0.39, 0.29) is 30.5 Å². The number of amides is 2. The van der Waals surface area contributed by atoms with Gasteiger partial charge in [-0.1, -0.05) is 23.7 Å². The number of likely N-dealkylation sites (tertiary alicyclic amines) is 1. The van der Waals surface area contributed by atoms with Gasteiger partial charge >= 0.3 is 0 Å². The van der Waals surface area contributed by atoms with Crippen molar-refractivity contribution in [1.29, 1.82) is 0 Å². The SMILES string of the molecule is CC1CCCC(C)N1C(=O)COc1ccc(C(=O)NCc2ccc(Cl)cc2)cc1. The average Bonchev–Trinajstić information content (AvgIpc) is 2.72. The Bertz CT molecular complexity index is 826. The maximum atomic E-state index is 12.5. The molecule has 29 heavy (non-hydrogen) atoms. The van der Waals surface area contributed by atoms with Crippen LogP contribution in [0.1, 0.15) is 49.0 Å². The van der Waals surface area contributed by atoms with Crippen LogP contribution in [0.5, 0.6) is 5.75 Å². The van der Waals surface area contributed by atoms with Crippen LogP contribution in [-0.4, -0.2) is 35.4 Å². The molecule has 0 bridgehead atoms. The first-order valence-corrected chi connectivity index (χ1v) is 10.4. The highest BCUT2D eigenvalue weighted by Gasteiger charge is 2.28. The maximum absolute atomic E-state index is 12.5. The fourth-order valence-corrected chi connectivity index (χ4v) is 3.85. The van der Waals surface area contributed by atoms with E-state index in [4.69, 9.17) is 16.3 Å². The van der Waals surface area contributed by atoms with E-state index >= 15 is 0 Å². The summed E-state index contributed by atoms with van der Waals surface area (Å²) in [5.41, 5.74) is 1.51. The summed E-state index contributed by atoms with van der Waals surface area (Å²) >= 11 is 5.87. The highest BCUT2D eigenvalue weighted by molar-refractivity contribution is 6.30. The summed E-state index contributed by atoms with van der Waals surface area (Å²) in [7, 11) is 0. The molecule has 6 heteroatoms. The number of ether oxygens (including phenoxy) is 1.